The molecule has 4 unspecified atom stereocenters. The summed E-state index contributed by atoms with van der Waals surface area (Å²) >= 11 is 0. The summed E-state index contributed by atoms with van der Waals surface area (Å²) in [7, 11) is 0. The second kappa shape index (κ2) is 10.6. The van der Waals surface area contributed by atoms with Crippen LogP contribution in [0, 0.1) is 40.9 Å². The fourth-order valence-corrected chi connectivity index (χ4v) is 9.03. The molecule has 42 heavy (non-hydrogen) atoms. The standard InChI is InChI=1S/C34H41N3O5/c1-4-34(41)16-13-27-25-10-9-22-18-23(11-14-32(22,2)26(25)12-15-33(27,34)3)37-42-20-30(38)36-29(31(39)40)17-21-19-35-28-8-6-5-7-24(21)28/h1,5-8,18-19,25-27,29,35,41H,9-17,20H2,2-3H3,(H,36,38)(H,39,40)/b37-23+/t25?,26?,27?,29?,32-,33-,34+/m0/s1. The van der Waals surface area contributed by atoms with Gasteiger partial charge in [0.1, 0.15) is 11.6 Å². The van der Waals surface area contributed by atoms with E-state index in [2.05, 4.69) is 41.3 Å². The predicted octanol–water partition coefficient (Wildman–Crippen LogP) is 4.98. The highest BCUT2D eigenvalue weighted by Crippen LogP contribution is 2.67. The minimum absolute atomic E-state index is 0.0919. The quantitative estimate of drug-likeness (QED) is 0.276. The highest BCUT2D eigenvalue weighted by atomic mass is 16.6. The van der Waals surface area contributed by atoms with Gasteiger partial charge in [-0.1, -0.05) is 48.7 Å². The van der Waals surface area contributed by atoms with Gasteiger partial charge in [0.2, 0.25) is 0 Å². The number of terminal acetylenes is 1. The second-order valence-electron chi connectivity index (χ2n) is 13.4. The Labute approximate surface area is 247 Å². The summed E-state index contributed by atoms with van der Waals surface area (Å²) in [5, 5.41) is 28.8. The molecule has 0 bridgehead atoms. The molecule has 0 saturated heterocycles. The van der Waals surface area contributed by atoms with E-state index in [1.165, 1.54) is 5.57 Å². The van der Waals surface area contributed by atoms with Crippen LogP contribution in [-0.4, -0.2) is 51.0 Å². The highest BCUT2D eigenvalue weighted by Gasteiger charge is 2.63. The molecule has 7 atom stereocenters. The zero-order chi connectivity index (χ0) is 29.7. The lowest BCUT2D eigenvalue weighted by atomic mass is 9.46. The molecule has 4 N–H and O–H groups in total. The van der Waals surface area contributed by atoms with Gasteiger partial charge >= 0.3 is 5.97 Å². The minimum atomic E-state index is -1.10. The molecule has 4 aliphatic rings. The Bertz CT molecular complexity index is 1500. The number of benzene rings is 1. The first-order valence-electron chi connectivity index (χ1n) is 15.3. The van der Waals surface area contributed by atoms with Crippen LogP contribution >= 0.6 is 0 Å². The number of rotatable bonds is 7. The number of allylic oxidation sites excluding steroid dienone is 2. The molecule has 3 fully saturated rings. The van der Waals surface area contributed by atoms with Crippen LogP contribution in [0.2, 0.25) is 0 Å². The van der Waals surface area contributed by atoms with Crippen LogP contribution < -0.4 is 5.32 Å². The summed E-state index contributed by atoms with van der Waals surface area (Å²) < 4.78 is 0. The van der Waals surface area contributed by atoms with Gasteiger partial charge in [-0.05, 0) is 92.2 Å². The topological polar surface area (TPSA) is 124 Å². The van der Waals surface area contributed by atoms with E-state index in [4.69, 9.17) is 11.3 Å². The molecule has 1 aromatic heterocycles. The number of aromatic nitrogens is 1. The first-order valence-corrected chi connectivity index (χ1v) is 15.3. The van der Waals surface area contributed by atoms with Crippen LogP contribution in [0.4, 0.5) is 0 Å². The van der Waals surface area contributed by atoms with Crippen LogP contribution in [0.5, 0.6) is 0 Å². The van der Waals surface area contributed by atoms with Crippen molar-refractivity contribution < 1.29 is 24.6 Å². The molecule has 1 heterocycles. The molecule has 0 aliphatic heterocycles. The molecule has 1 aromatic carbocycles. The molecular formula is C34H41N3O5. The number of H-pyrrole nitrogens is 1. The summed E-state index contributed by atoms with van der Waals surface area (Å²) in [6, 6.07) is 6.59. The first-order chi connectivity index (χ1) is 20.1. The van der Waals surface area contributed by atoms with E-state index < -0.39 is 23.5 Å². The van der Waals surface area contributed by atoms with Crippen LogP contribution in [0.25, 0.3) is 10.9 Å². The predicted molar refractivity (Wildman–Crippen MR) is 160 cm³/mol. The molecule has 8 nitrogen and oxygen atoms in total. The monoisotopic (exact) mass is 571 g/mol. The lowest BCUT2D eigenvalue weighted by Gasteiger charge is -2.58. The van der Waals surface area contributed by atoms with Crippen LogP contribution in [0.3, 0.4) is 0 Å². The van der Waals surface area contributed by atoms with E-state index >= 15 is 0 Å². The van der Waals surface area contributed by atoms with Gasteiger partial charge in [0.15, 0.2) is 6.61 Å². The number of fused-ring (bicyclic) bond motifs is 6. The van der Waals surface area contributed by atoms with Crippen LogP contribution in [0.15, 0.2) is 47.3 Å². The number of carbonyl (C=O) groups is 2. The highest BCUT2D eigenvalue weighted by molar-refractivity contribution is 5.96. The zero-order valence-corrected chi connectivity index (χ0v) is 24.5. The van der Waals surface area contributed by atoms with Crippen molar-refractivity contribution in [1.29, 1.82) is 0 Å². The first kappa shape index (κ1) is 28.5. The number of para-hydroxylation sites is 1. The van der Waals surface area contributed by atoms with Gasteiger partial charge < -0.3 is 25.4 Å². The largest absolute Gasteiger partial charge is 0.480 e. The number of hydrogen-bond donors (Lipinski definition) is 4. The Kier molecular flexibility index (Phi) is 7.21. The fraction of sp³-hybridized carbons (Fsp3) is 0.559. The molecule has 0 radical (unpaired) electrons. The molecule has 3 saturated carbocycles. The Morgan fingerprint density at radius 2 is 1.95 bits per heavy atom. The summed E-state index contributed by atoms with van der Waals surface area (Å²) in [6.45, 7) is 4.27. The van der Waals surface area contributed by atoms with Gasteiger partial charge in [-0.15, -0.1) is 6.42 Å². The van der Waals surface area contributed by atoms with Gasteiger partial charge in [0, 0.05) is 28.9 Å². The maximum Gasteiger partial charge on any atom is 0.326 e. The summed E-state index contributed by atoms with van der Waals surface area (Å²) in [6.07, 6.45) is 17.5. The van der Waals surface area contributed by atoms with E-state index in [1.807, 2.05) is 24.3 Å². The SMILES string of the molecule is C#C[C@@]1(O)CCC2C3CCC4=C/C(=N/OCC(=O)NC(Cc5c[nH]c6ccccc56)C(=O)O)CC[C@]4(C)C3CC[C@@]21C. The average molecular weight is 572 g/mol. The Morgan fingerprint density at radius 3 is 2.74 bits per heavy atom. The zero-order valence-electron chi connectivity index (χ0n) is 24.5. The van der Waals surface area contributed by atoms with Crippen molar-refractivity contribution in [2.75, 3.05) is 6.61 Å². The number of nitrogens with zero attached hydrogens (tertiary/aromatic N) is 1. The van der Waals surface area contributed by atoms with Gasteiger partial charge in [-0.3, -0.25) is 4.79 Å². The normalized spacial score (nSPS) is 35.3. The summed E-state index contributed by atoms with van der Waals surface area (Å²) in [4.78, 5) is 33.0. The number of carbonyl (C=O) groups excluding carboxylic acids is 1. The average Bonchev–Trinajstić information content (AvgIpc) is 3.50. The number of amides is 1. The van der Waals surface area contributed by atoms with Crippen molar-refractivity contribution in [3.05, 3.63) is 47.7 Å². The van der Waals surface area contributed by atoms with E-state index in [0.717, 1.165) is 67.1 Å². The fourth-order valence-electron chi connectivity index (χ4n) is 9.03. The van der Waals surface area contributed by atoms with E-state index in [9.17, 15) is 19.8 Å². The van der Waals surface area contributed by atoms with Crippen molar-refractivity contribution in [1.82, 2.24) is 10.3 Å². The van der Waals surface area contributed by atoms with Crippen molar-refractivity contribution in [2.45, 2.75) is 83.3 Å². The molecule has 222 valence electrons. The number of carboxylic acid groups (broad SMARTS) is 1. The van der Waals surface area contributed by atoms with Crippen molar-refractivity contribution in [3.8, 4) is 12.3 Å². The maximum absolute atomic E-state index is 12.6. The third-order valence-corrected chi connectivity index (χ3v) is 11.5. The Morgan fingerprint density at radius 1 is 1.17 bits per heavy atom. The number of nitrogens with one attached hydrogen (secondary N) is 2. The van der Waals surface area contributed by atoms with Crippen LogP contribution in [0.1, 0.15) is 70.8 Å². The second-order valence-corrected chi connectivity index (χ2v) is 13.4. The van der Waals surface area contributed by atoms with Gasteiger partial charge in [0.25, 0.3) is 5.91 Å². The third kappa shape index (κ3) is 4.63. The van der Waals surface area contributed by atoms with Gasteiger partial charge in [0.05, 0.1) is 5.71 Å². The third-order valence-electron chi connectivity index (χ3n) is 11.5. The van der Waals surface area contributed by atoms with E-state index in [-0.39, 0.29) is 23.9 Å². The Hall–Kier alpha value is -3.57. The van der Waals surface area contributed by atoms with Crippen molar-refractivity contribution in [2.24, 2.45) is 33.7 Å². The van der Waals surface area contributed by atoms with Crippen molar-refractivity contribution >= 4 is 28.5 Å². The number of aromatic amines is 1. The molecule has 4 aliphatic carbocycles. The van der Waals surface area contributed by atoms with Crippen molar-refractivity contribution in [3.63, 3.8) is 0 Å². The summed E-state index contributed by atoms with van der Waals surface area (Å²) in [5.74, 6) is 2.73. The van der Waals surface area contributed by atoms with Gasteiger partial charge in [-0.25, -0.2) is 4.79 Å². The lowest BCUT2D eigenvalue weighted by Crippen LogP contribution is -2.54. The number of carboxylic acids is 1. The van der Waals surface area contributed by atoms with E-state index in [1.54, 1.807) is 6.20 Å². The maximum atomic E-state index is 12.6. The van der Waals surface area contributed by atoms with E-state index in [0.29, 0.717) is 24.2 Å². The number of aliphatic carboxylic acids is 1. The number of aliphatic hydroxyl groups is 1. The molecule has 6 rings (SSSR count). The number of oxime groups is 1. The smallest absolute Gasteiger partial charge is 0.326 e. The molecule has 2 aromatic rings. The number of hydrogen-bond acceptors (Lipinski definition) is 5. The Balaban J connectivity index is 1.07. The minimum Gasteiger partial charge on any atom is -0.480 e. The molecule has 0 spiro atoms. The van der Waals surface area contributed by atoms with Crippen LogP contribution in [-0.2, 0) is 20.8 Å². The lowest BCUT2D eigenvalue weighted by molar-refractivity contribution is -0.142. The molecular weight excluding hydrogens is 530 g/mol. The molecule has 1 amide bonds. The summed E-state index contributed by atoms with van der Waals surface area (Å²) in [5.41, 5.74) is 2.88. The molecule has 8 heteroatoms. The van der Waals surface area contributed by atoms with Gasteiger partial charge in [-0.2, -0.15) is 0 Å².